The van der Waals surface area contributed by atoms with Crippen LogP contribution in [0.2, 0.25) is 5.02 Å². The number of halogens is 1. The second-order valence-electron chi connectivity index (χ2n) is 7.03. The zero-order chi connectivity index (χ0) is 16.1. The van der Waals surface area contributed by atoms with Crippen molar-refractivity contribution >= 4 is 11.6 Å². The van der Waals surface area contributed by atoms with Gasteiger partial charge in [0.15, 0.2) is 0 Å². The third-order valence-electron chi connectivity index (χ3n) is 5.00. The van der Waals surface area contributed by atoms with Crippen LogP contribution in [-0.4, -0.2) is 23.3 Å². The summed E-state index contributed by atoms with van der Waals surface area (Å²) in [4.78, 5) is 0. The molecular formula is C19H30ClNO. The molecule has 0 aliphatic heterocycles. The Labute approximate surface area is 140 Å². The minimum atomic E-state index is -0.263. The highest BCUT2D eigenvalue weighted by Gasteiger charge is 2.28. The van der Waals surface area contributed by atoms with Crippen LogP contribution >= 0.6 is 11.6 Å². The second-order valence-corrected chi connectivity index (χ2v) is 7.46. The van der Waals surface area contributed by atoms with E-state index in [4.69, 9.17) is 11.6 Å². The molecule has 4 unspecified atom stereocenters. The Balaban J connectivity index is 1.96. The number of aliphatic hydroxyl groups is 1. The Hall–Kier alpha value is -0.570. The van der Waals surface area contributed by atoms with E-state index in [-0.39, 0.29) is 12.1 Å². The molecule has 4 atom stereocenters. The summed E-state index contributed by atoms with van der Waals surface area (Å²) in [5, 5.41) is 14.9. The molecular weight excluding hydrogens is 294 g/mol. The predicted molar refractivity (Wildman–Crippen MR) is 94.5 cm³/mol. The number of rotatable bonds is 6. The zero-order valence-electron chi connectivity index (χ0n) is 14.1. The average Bonchev–Trinajstić information content (AvgIpc) is 2.53. The molecule has 1 aromatic carbocycles. The first kappa shape index (κ1) is 17.8. The third-order valence-corrected chi connectivity index (χ3v) is 5.25. The van der Waals surface area contributed by atoms with E-state index in [0.717, 1.165) is 17.9 Å². The topological polar surface area (TPSA) is 32.3 Å². The van der Waals surface area contributed by atoms with Crippen LogP contribution in [0.3, 0.4) is 0 Å². The van der Waals surface area contributed by atoms with E-state index in [0.29, 0.717) is 17.9 Å². The molecule has 0 amide bonds. The van der Waals surface area contributed by atoms with Gasteiger partial charge < -0.3 is 10.4 Å². The zero-order valence-corrected chi connectivity index (χ0v) is 14.8. The van der Waals surface area contributed by atoms with Crippen molar-refractivity contribution in [3.05, 3.63) is 34.9 Å². The molecule has 1 fully saturated rings. The summed E-state index contributed by atoms with van der Waals surface area (Å²) in [6, 6.07) is 9.02. The standard InChI is InChI=1S/C19H30ClNO/c1-4-18(19(22)13(2)3)21-17-7-5-6-15(12-17)14-8-10-16(20)11-9-14/h8-11,13,15,17-19,21-22H,4-7,12H2,1-3H3. The molecule has 0 spiro atoms. The largest absolute Gasteiger partial charge is 0.391 e. The van der Waals surface area contributed by atoms with Crippen LogP contribution in [0.4, 0.5) is 0 Å². The molecule has 1 aromatic rings. The number of aliphatic hydroxyl groups excluding tert-OH is 1. The van der Waals surface area contributed by atoms with Gasteiger partial charge in [-0.2, -0.15) is 0 Å². The van der Waals surface area contributed by atoms with Gasteiger partial charge in [0, 0.05) is 17.1 Å². The monoisotopic (exact) mass is 323 g/mol. The van der Waals surface area contributed by atoms with Crippen LogP contribution < -0.4 is 5.32 Å². The van der Waals surface area contributed by atoms with Gasteiger partial charge in [-0.25, -0.2) is 0 Å². The molecule has 0 saturated heterocycles. The van der Waals surface area contributed by atoms with Crippen molar-refractivity contribution in [3.8, 4) is 0 Å². The maximum Gasteiger partial charge on any atom is 0.0715 e. The SMILES string of the molecule is CCC(NC1CCCC(c2ccc(Cl)cc2)C1)C(O)C(C)C. The average molecular weight is 324 g/mol. The molecule has 0 bridgehead atoms. The van der Waals surface area contributed by atoms with Crippen molar-refractivity contribution in [2.45, 2.75) is 77.0 Å². The lowest BCUT2D eigenvalue weighted by Gasteiger charge is -2.35. The molecule has 0 radical (unpaired) electrons. The first-order valence-corrected chi connectivity index (χ1v) is 9.08. The van der Waals surface area contributed by atoms with Crippen molar-refractivity contribution in [2.24, 2.45) is 5.92 Å². The fourth-order valence-electron chi connectivity index (χ4n) is 3.60. The van der Waals surface area contributed by atoms with Gasteiger partial charge in [-0.15, -0.1) is 0 Å². The Morgan fingerprint density at radius 3 is 2.50 bits per heavy atom. The molecule has 2 nitrogen and oxygen atoms in total. The van der Waals surface area contributed by atoms with Gasteiger partial charge in [0.1, 0.15) is 0 Å². The van der Waals surface area contributed by atoms with Crippen LogP contribution in [0, 0.1) is 5.92 Å². The maximum absolute atomic E-state index is 10.4. The molecule has 1 saturated carbocycles. The summed E-state index contributed by atoms with van der Waals surface area (Å²) in [5.41, 5.74) is 1.40. The van der Waals surface area contributed by atoms with Crippen molar-refractivity contribution in [3.63, 3.8) is 0 Å². The van der Waals surface area contributed by atoms with Gasteiger partial charge >= 0.3 is 0 Å². The summed E-state index contributed by atoms with van der Waals surface area (Å²) < 4.78 is 0. The van der Waals surface area contributed by atoms with Gasteiger partial charge in [-0.3, -0.25) is 0 Å². The van der Waals surface area contributed by atoms with E-state index in [1.807, 2.05) is 12.1 Å². The first-order valence-electron chi connectivity index (χ1n) is 8.70. The summed E-state index contributed by atoms with van der Waals surface area (Å²) in [5.74, 6) is 0.908. The minimum absolute atomic E-state index is 0.203. The second kappa shape index (κ2) is 8.33. The molecule has 2 N–H and O–H groups in total. The highest BCUT2D eigenvalue weighted by molar-refractivity contribution is 6.30. The summed E-state index contributed by atoms with van der Waals surface area (Å²) in [6.07, 6.45) is 5.58. The molecule has 0 aromatic heterocycles. The first-order chi connectivity index (χ1) is 10.5. The predicted octanol–water partition coefficient (Wildman–Crippen LogP) is 4.75. The molecule has 2 rings (SSSR count). The molecule has 0 heterocycles. The van der Waals surface area contributed by atoms with Crippen molar-refractivity contribution in [1.82, 2.24) is 5.32 Å². The van der Waals surface area contributed by atoms with Crippen LogP contribution in [0.1, 0.15) is 64.4 Å². The summed E-state index contributed by atoms with van der Waals surface area (Å²) >= 11 is 5.99. The summed E-state index contributed by atoms with van der Waals surface area (Å²) in [6.45, 7) is 6.33. The van der Waals surface area contributed by atoms with E-state index in [9.17, 15) is 5.11 Å². The molecule has 124 valence electrons. The van der Waals surface area contributed by atoms with E-state index < -0.39 is 0 Å². The van der Waals surface area contributed by atoms with Crippen molar-refractivity contribution in [2.75, 3.05) is 0 Å². The van der Waals surface area contributed by atoms with Crippen LogP contribution in [-0.2, 0) is 0 Å². The Morgan fingerprint density at radius 1 is 1.23 bits per heavy atom. The lowest BCUT2D eigenvalue weighted by molar-refractivity contribution is 0.0726. The number of nitrogens with one attached hydrogen (secondary N) is 1. The minimum Gasteiger partial charge on any atom is -0.391 e. The van der Waals surface area contributed by atoms with E-state index in [1.54, 1.807) is 0 Å². The van der Waals surface area contributed by atoms with Crippen molar-refractivity contribution in [1.29, 1.82) is 0 Å². The molecule has 1 aliphatic carbocycles. The summed E-state index contributed by atoms with van der Waals surface area (Å²) in [7, 11) is 0. The number of hydrogen-bond acceptors (Lipinski definition) is 2. The third kappa shape index (κ3) is 4.71. The molecule has 1 aliphatic rings. The highest BCUT2D eigenvalue weighted by atomic mass is 35.5. The lowest BCUT2D eigenvalue weighted by Crippen LogP contribution is -2.48. The van der Waals surface area contributed by atoms with Crippen LogP contribution in [0.5, 0.6) is 0 Å². The van der Waals surface area contributed by atoms with Gasteiger partial charge in [-0.05, 0) is 55.2 Å². The quantitative estimate of drug-likeness (QED) is 0.791. The molecule has 3 heteroatoms. The number of hydrogen-bond donors (Lipinski definition) is 2. The fraction of sp³-hybridized carbons (Fsp3) is 0.684. The van der Waals surface area contributed by atoms with E-state index in [1.165, 1.54) is 24.8 Å². The Bertz CT molecular complexity index is 445. The van der Waals surface area contributed by atoms with Gasteiger partial charge in [0.05, 0.1) is 6.10 Å². The Kier molecular flexibility index (Phi) is 6.73. The van der Waals surface area contributed by atoms with Gasteiger partial charge in [0.2, 0.25) is 0 Å². The fourth-order valence-corrected chi connectivity index (χ4v) is 3.73. The highest BCUT2D eigenvalue weighted by Crippen LogP contribution is 2.33. The normalized spacial score (nSPS) is 25.2. The van der Waals surface area contributed by atoms with Gasteiger partial charge in [0.25, 0.3) is 0 Å². The van der Waals surface area contributed by atoms with Crippen LogP contribution in [0.25, 0.3) is 0 Å². The molecule has 22 heavy (non-hydrogen) atoms. The number of benzene rings is 1. The lowest BCUT2D eigenvalue weighted by atomic mass is 9.81. The maximum atomic E-state index is 10.4. The smallest absolute Gasteiger partial charge is 0.0715 e. The van der Waals surface area contributed by atoms with Crippen LogP contribution in [0.15, 0.2) is 24.3 Å². The van der Waals surface area contributed by atoms with E-state index in [2.05, 4.69) is 38.2 Å². The Morgan fingerprint density at radius 2 is 1.91 bits per heavy atom. The van der Waals surface area contributed by atoms with Crippen molar-refractivity contribution < 1.29 is 5.11 Å². The van der Waals surface area contributed by atoms with E-state index >= 15 is 0 Å². The van der Waals surface area contributed by atoms with Gasteiger partial charge in [-0.1, -0.05) is 50.9 Å².